The van der Waals surface area contributed by atoms with Gasteiger partial charge in [-0.25, -0.2) is 8.42 Å². The first-order valence-electron chi connectivity index (χ1n) is 8.03. The number of carbonyl (C=O) groups is 1. The lowest BCUT2D eigenvalue weighted by molar-refractivity contribution is -0.0440. The third-order valence-electron chi connectivity index (χ3n) is 4.11. The average Bonchev–Trinajstić information content (AvgIpc) is 3.30. The van der Waals surface area contributed by atoms with Gasteiger partial charge in [0.25, 0.3) is 5.91 Å². The number of rotatable bonds is 4. The van der Waals surface area contributed by atoms with E-state index in [4.69, 9.17) is 16.3 Å². The minimum Gasteiger partial charge on any atom is -0.373 e. The summed E-state index contributed by atoms with van der Waals surface area (Å²) in [5.74, 6) is -0.269. The second-order valence-corrected chi connectivity index (χ2v) is 8.79. The molecule has 1 aromatic rings. The molecule has 2 fully saturated rings. The standard InChI is InChI=1S/C16H21ClN2O4S/c1-10-8-19(9-11(2)23-10)24(21,22)15-7-12(3-6-14(15)17)16(20)18-13-4-5-13/h3,6-7,10-11,13H,4-5,8-9H2,1-2H3,(H,18,20). The predicted molar refractivity (Wildman–Crippen MR) is 90.7 cm³/mol. The normalized spacial score (nSPS) is 25.5. The van der Waals surface area contributed by atoms with Crippen molar-refractivity contribution in [3.05, 3.63) is 28.8 Å². The monoisotopic (exact) mass is 372 g/mol. The summed E-state index contributed by atoms with van der Waals surface area (Å²) in [6.07, 6.45) is 1.55. The highest BCUT2D eigenvalue weighted by atomic mass is 35.5. The summed E-state index contributed by atoms with van der Waals surface area (Å²) in [7, 11) is -3.79. The molecular formula is C16H21ClN2O4S. The Morgan fingerprint density at radius 1 is 1.25 bits per heavy atom. The number of halogens is 1. The van der Waals surface area contributed by atoms with Crippen LogP contribution in [0, 0.1) is 0 Å². The number of sulfonamides is 1. The van der Waals surface area contributed by atoms with E-state index in [-0.39, 0.29) is 47.2 Å². The van der Waals surface area contributed by atoms with Crippen molar-refractivity contribution >= 4 is 27.5 Å². The molecule has 1 aliphatic heterocycles. The van der Waals surface area contributed by atoms with Crippen molar-refractivity contribution in [3.63, 3.8) is 0 Å². The fraction of sp³-hybridized carbons (Fsp3) is 0.562. The van der Waals surface area contributed by atoms with Gasteiger partial charge in [-0.05, 0) is 44.9 Å². The summed E-state index contributed by atoms with van der Waals surface area (Å²) in [4.78, 5) is 12.1. The van der Waals surface area contributed by atoms with Crippen LogP contribution in [-0.2, 0) is 14.8 Å². The van der Waals surface area contributed by atoms with Gasteiger partial charge in [0.05, 0.1) is 17.2 Å². The molecule has 8 heteroatoms. The van der Waals surface area contributed by atoms with Crippen LogP contribution in [0.4, 0.5) is 0 Å². The molecule has 0 aromatic heterocycles. The van der Waals surface area contributed by atoms with Gasteiger partial charge in [-0.15, -0.1) is 0 Å². The number of hydrogen-bond acceptors (Lipinski definition) is 4. The van der Waals surface area contributed by atoms with Gasteiger partial charge in [-0.3, -0.25) is 4.79 Å². The molecular weight excluding hydrogens is 352 g/mol. The number of amides is 1. The van der Waals surface area contributed by atoms with E-state index in [2.05, 4.69) is 5.32 Å². The Bertz CT molecular complexity index is 738. The van der Waals surface area contributed by atoms with E-state index in [0.717, 1.165) is 12.8 Å². The van der Waals surface area contributed by atoms with Crippen molar-refractivity contribution in [1.82, 2.24) is 9.62 Å². The van der Waals surface area contributed by atoms with Crippen molar-refractivity contribution in [2.45, 2.75) is 49.8 Å². The Hall–Kier alpha value is -1.15. The van der Waals surface area contributed by atoms with Crippen molar-refractivity contribution in [1.29, 1.82) is 0 Å². The van der Waals surface area contributed by atoms with E-state index >= 15 is 0 Å². The molecule has 2 aliphatic rings. The van der Waals surface area contributed by atoms with Crippen molar-refractivity contribution < 1.29 is 17.9 Å². The zero-order valence-electron chi connectivity index (χ0n) is 13.7. The van der Waals surface area contributed by atoms with E-state index in [1.165, 1.54) is 16.4 Å². The minimum atomic E-state index is -3.79. The summed E-state index contributed by atoms with van der Waals surface area (Å²) >= 11 is 6.13. The second-order valence-electron chi connectivity index (χ2n) is 6.47. The SMILES string of the molecule is CC1CN(S(=O)(=O)c2cc(C(=O)NC3CC3)ccc2Cl)CC(C)O1. The molecule has 1 aromatic carbocycles. The maximum Gasteiger partial charge on any atom is 0.251 e. The highest BCUT2D eigenvalue weighted by molar-refractivity contribution is 7.89. The highest BCUT2D eigenvalue weighted by Gasteiger charge is 2.34. The van der Waals surface area contributed by atoms with E-state index in [9.17, 15) is 13.2 Å². The largest absolute Gasteiger partial charge is 0.373 e. The van der Waals surface area contributed by atoms with Crippen LogP contribution in [0.5, 0.6) is 0 Å². The topological polar surface area (TPSA) is 75.7 Å². The minimum absolute atomic E-state index is 0.0334. The summed E-state index contributed by atoms with van der Waals surface area (Å²) in [6.45, 7) is 4.20. The highest BCUT2D eigenvalue weighted by Crippen LogP contribution is 2.28. The molecule has 1 saturated heterocycles. The van der Waals surface area contributed by atoms with Crippen LogP contribution in [0.1, 0.15) is 37.0 Å². The number of carbonyl (C=O) groups excluding carboxylic acids is 1. The van der Waals surface area contributed by atoms with Gasteiger partial charge in [0.15, 0.2) is 0 Å². The Morgan fingerprint density at radius 2 is 1.88 bits per heavy atom. The maximum atomic E-state index is 13.0. The molecule has 1 N–H and O–H groups in total. The second kappa shape index (κ2) is 6.63. The lowest BCUT2D eigenvalue weighted by atomic mass is 10.2. The molecule has 2 unspecified atom stereocenters. The molecule has 24 heavy (non-hydrogen) atoms. The fourth-order valence-corrected chi connectivity index (χ4v) is 4.90. The first kappa shape index (κ1) is 17.7. The zero-order chi connectivity index (χ0) is 17.5. The first-order chi connectivity index (χ1) is 11.3. The van der Waals surface area contributed by atoms with Crippen LogP contribution in [-0.4, -0.2) is 50.0 Å². The predicted octanol–water partition coefficient (Wildman–Crippen LogP) is 2.03. The Balaban J connectivity index is 1.90. The van der Waals surface area contributed by atoms with Crippen LogP contribution in [0.15, 0.2) is 23.1 Å². The van der Waals surface area contributed by atoms with Gasteiger partial charge in [0.2, 0.25) is 10.0 Å². The number of nitrogens with one attached hydrogen (secondary N) is 1. The summed E-state index contributed by atoms with van der Waals surface area (Å²) in [5, 5.41) is 2.97. The van der Waals surface area contributed by atoms with Gasteiger partial charge >= 0.3 is 0 Å². The van der Waals surface area contributed by atoms with Crippen molar-refractivity contribution in [2.75, 3.05) is 13.1 Å². The van der Waals surface area contributed by atoms with Gasteiger partial charge in [0.1, 0.15) is 4.90 Å². The number of hydrogen-bond donors (Lipinski definition) is 1. The van der Waals surface area contributed by atoms with Gasteiger partial charge in [0, 0.05) is 24.7 Å². The number of morpholine rings is 1. The molecule has 0 spiro atoms. The van der Waals surface area contributed by atoms with Crippen LogP contribution in [0.3, 0.4) is 0 Å². The lowest BCUT2D eigenvalue weighted by Gasteiger charge is -2.34. The molecule has 132 valence electrons. The van der Waals surface area contributed by atoms with Gasteiger partial charge in [-0.2, -0.15) is 4.31 Å². The maximum absolute atomic E-state index is 13.0. The average molecular weight is 373 g/mol. The summed E-state index contributed by atoms with van der Waals surface area (Å²) in [5.41, 5.74) is 0.305. The van der Waals surface area contributed by atoms with Crippen LogP contribution in [0.2, 0.25) is 5.02 Å². The van der Waals surface area contributed by atoms with Gasteiger partial charge < -0.3 is 10.1 Å². The number of benzene rings is 1. The lowest BCUT2D eigenvalue weighted by Crippen LogP contribution is -2.48. The summed E-state index contributed by atoms with van der Waals surface area (Å²) in [6, 6.07) is 4.57. The quantitative estimate of drug-likeness (QED) is 0.877. The van der Waals surface area contributed by atoms with E-state index in [1.54, 1.807) is 6.07 Å². The Morgan fingerprint density at radius 3 is 2.46 bits per heavy atom. The third-order valence-corrected chi connectivity index (χ3v) is 6.42. The fourth-order valence-electron chi connectivity index (χ4n) is 2.80. The molecule has 1 aliphatic carbocycles. The van der Waals surface area contributed by atoms with Crippen LogP contribution < -0.4 is 5.32 Å². The number of nitrogens with zero attached hydrogens (tertiary/aromatic N) is 1. The number of ether oxygens (including phenoxy) is 1. The molecule has 3 rings (SSSR count). The molecule has 1 amide bonds. The molecule has 1 saturated carbocycles. The van der Waals surface area contributed by atoms with Crippen LogP contribution in [0.25, 0.3) is 0 Å². The summed E-state index contributed by atoms with van der Waals surface area (Å²) < 4.78 is 32.9. The van der Waals surface area contributed by atoms with Gasteiger partial charge in [-0.1, -0.05) is 11.6 Å². The molecule has 2 atom stereocenters. The smallest absolute Gasteiger partial charge is 0.251 e. The third kappa shape index (κ3) is 3.74. The van der Waals surface area contributed by atoms with E-state index in [0.29, 0.717) is 5.56 Å². The van der Waals surface area contributed by atoms with Crippen molar-refractivity contribution in [3.8, 4) is 0 Å². The zero-order valence-corrected chi connectivity index (χ0v) is 15.2. The molecule has 0 bridgehead atoms. The molecule has 1 heterocycles. The van der Waals surface area contributed by atoms with E-state index < -0.39 is 10.0 Å². The van der Waals surface area contributed by atoms with E-state index in [1.807, 2.05) is 13.8 Å². The first-order valence-corrected chi connectivity index (χ1v) is 9.85. The van der Waals surface area contributed by atoms with Crippen molar-refractivity contribution in [2.24, 2.45) is 0 Å². The molecule has 6 nitrogen and oxygen atoms in total. The molecule has 0 radical (unpaired) electrons. The van der Waals surface area contributed by atoms with Crippen LogP contribution >= 0.6 is 11.6 Å². The Kier molecular flexibility index (Phi) is 4.88. The Labute approximate surface area is 147 Å².